The van der Waals surface area contributed by atoms with Crippen molar-refractivity contribution in [1.82, 2.24) is 10.6 Å². The molecule has 0 aliphatic rings. The maximum absolute atomic E-state index is 11.5. The normalized spacial score (nSPS) is 10.1. The Kier molecular flexibility index (Phi) is 11.5. The zero-order valence-electron chi connectivity index (χ0n) is 14.1. The predicted molar refractivity (Wildman–Crippen MR) is 90.0 cm³/mol. The summed E-state index contributed by atoms with van der Waals surface area (Å²) in [7, 11) is 0. The van der Waals surface area contributed by atoms with Crippen LogP contribution in [0.3, 0.4) is 0 Å². The van der Waals surface area contributed by atoms with E-state index >= 15 is 0 Å². The summed E-state index contributed by atoms with van der Waals surface area (Å²) in [6.45, 7) is 1.58. The quantitative estimate of drug-likeness (QED) is 0.399. The highest BCUT2D eigenvalue weighted by Crippen LogP contribution is 2.00. The first-order chi connectivity index (χ1) is 12.2. The van der Waals surface area contributed by atoms with E-state index in [1.54, 1.807) is 0 Å². The molecule has 25 heavy (non-hydrogen) atoms. The van der Waals surface area contributed by atoms with Crippen molar-refractivity contribution in [3.8, 4) is 0 Å². The van der Waals surface area contributed by atoms with Crippen molar-refractivity contribution in [3.63, 3.8) is 0 Å². The van der Waals surface area contributed by atoms with Gasteiger partial charge in [0.15, 0.2) is 0 Å². The Bertz CT molecular complexity index is 509. The fraction of sp³-hybridized carbons (Fsp3) is 0.471. The van der Waals surface area contributed by atoms with Crippen LogP contribution in [0.5, 0.6) is 0 Å². The standard InChI is InChI=1S/C17H24N2O6/c20-9-4-10-23-11-7-18-16(21)14-24-12-8-19-17(22)25-13-15-5-2-1-3-6-15/h1-3,5-6,9H,4,7-8,10-14H2,(H,18,21)(H,19,22). The van der Waals surface area contributed by atoms with Gasteiger partial charge in [-0.15, -0.1) is 0 Å². The molecule has 0 unspecified atom stereocenters. The lowest BCUT2D eigenvalue weighted by molar-refractivity contribution is -0.125. The molecule has 0 aromatic heterocycles. The Morgan fingerprint density at radius 1 is 0.960 bits per heavy atom. The summed E-state index contributed by atoms with van der Waals surface area (Å²) in [6, 6.07) is 9.35. The molecule has 0 aliphatic heterocycles. The van der Waals surface area contributed by atoms with E-state index in [4.69, 9.17) is 14.2 Å². The highest BCUT2D eigenvalue weighted by molar-refractivity contribution is 5.77. The van der Waals surface area contributed by atoms with Gasteiger partial charge in [0, 0.05) is 19.5 Å². The molecule has 1 aromatic rings. The van der Waals surface area contributed by atoms with Crippen molar-refractivity contribution in [2.24, 2.45) is 0 Å². The molecule has 2 amide bonds. The molecule has 1 aromatic carbocycles. The SMILES string of the molecule is O=CCCOCCNC(=O)COCCNC(=O)OCc1ccccc1. The summed E-state index contributed by atoms with van der Waals surface area (Å²) in [5.41, 5.74) is 0.903. The van der Waals surface area contributed by atoms with Crippen molar-refractivity contribution in [2.45, 2.75) is 13.0 Å². The molecule has 0 bridgehead atoms. The third-order valence-corrected chi connectivity index (χ3v) is 2.91. The van der Waals surface area contributed by atoms with E-state index in [-0.39, 0.29) is 32.3 Å². The summed E-state index contributed by atoms with van der Waals surface area (Å²) in [5.74, 6) is -0.273. The molecular formula is C17H24N2O6. The number of benzene rings is 1. The highest BCUT2D eigenvalue weighted by atomic mass is 16.5. The maximum atomic E-state index is 11.5. The molecule has 0 atom stereocenters. The minimum atomic E-state index is -0.538. The van der Waals surface area contributed by atoms with E-state index in [2.05, 4.69) is 10.6 Å². The monoisotopic (exact) mass is 352 g/mol. The third kappa shape index (κ3) is 11.7. The number of carbonyl (C=O) groups excluding carboxylic acids is 3. The summed E-state index contributed by atoms with van der Waals surface area (Å²) < 4.78 is 15.3. The van der Waals surface area contributed by atoms with Gasteiger partial charge < -0.3 is 29.6 Å². The van der Waals surface area contributed by atoms with Crippen LogP contribution >= 0.6 is 0 Å². The molecule has 8 nitrogen and oxygen atoms in total. The second-order valence-electron chi connectivity index (χ2n) is 4.96. The zero-order chi connectivity index (χ0) is 18.2. The number of carbonyl (C=O) groups is 3. The molecule has 0 aliphatic carbocycles. The zero-order valence-corrected chi connectivity index (χ0v) is 14.1. The van der Waals surface area contributed by atoms with Gasteiger partial charge in [0.2, 0.25) is 5.91 Å². The van der Waals surface area contributed by atoms with Crippen LogP contribution in [-0.4, -0.2) is 57.8 Å². The van der Waals surface area contributed by atoms with Gasteiger partial charge in [0.05, 0.1) is 19.8 Å². The van der Waals surface area contributed by atoms with Gasteiger partial charge in [-0.2, -0.15) is 0 Å². The van der Waals surface area contributed by atoms with Crippen molar-refractivity contribution in [3.05, 3.63) is 35.9 Å². The summed E-state index contributed by atoms with van der Waals surface area (Å²) >= 11 is 0. The number of alkyl carbamates (subject to hydrolysis) is 1. The van der Waals surface area contributed by atoms with Crippen LogP contribution in [0.25, 0.3) is 0 Å². The van der Waals surface area contributed by atoms with E-state index in [1.807, 2.05) is 30.3 Å². The Labute approximate surface area is 146 Å². The van der Waals surface area contributed by atoms with Gasteiger partial charge in [0.25, 0.3) is 0 Å². The maximum Gasteiger partial charge on any atom is 0.407 e. The third-order valence-electron chi connectivity index (χ3n) is 2.91. The Morgan fingerprint density at radius 3 is 2.44 bits per heavy atom. The summed E-state index contributed by atoms with van der Waals surface area (Å²) in [4.78, 5) is 32.9. The number of amides is 2. The number of rotatable bonds is 13. The van der Waals surface area contributed by atoms with Crippen LogP contribution in [0.1, 0.15) is 12.0 Å². The first-order valence-corrected chi connectivity index (χ1v) is 8.02. The summed E-state index contributed by atoms with van der Waals surface area (Å²) in [5, 5.41) is 5.14. The smallest absolute Gasteiger partial charge is 0.407 e. The molecule has 0 spiro atoms. The average Bonchev–Trinajstić information content (AvgIpc) is 2.63. The molecule has 0 fully saturated rings. The Morgan fingerprint density at radius 2 is 1.68 bits per heavy atom. The predicted octanol–water partition coefficient (Wildman–Crippen LogP) is 0.651. The minimum absolute atomic E-state index is 0.102. The van der Waals surface area contributed by atoms with Gasteiger partial charge in [0.1, 0.15) is 19.5 Å². The van der Waals surface area contributed by atoms with E-state index < -0.39 is 6.09 Å². The second kappa shape index (κ2) is 13.9. The first kappa shape index (κ1) is 20.6. The summed E-state index contributed by atoms with van der Waals surface area (Å²) in [6.07, 6.45) is 0.583. The van der Waals surface area contributed by atoms with Gasteiger partial charge in [-0.1, -0.05) is 30.3 Å². The van der Waals surface area contributed by atoms with Crippen LogP contribution in [-0.2, 0) is 30.4 Å². The molecule has 0 radical (unpaired) electrons. The lowest BCUT2D eigenvalue weighted by Crippen LogP contribution is -2.32. The van der Waals surface area contributed by atoms with Crippen LogP contribution in [0.15, 0.2) is 30.3 Å². The van der Waals surface area contributed by atoms with Gasteiger partial charge >= 0.3 is 6.09 Å². The van der Waals surface area contributed by atoms with Crippen LogP contribution in [0.2, 0.25) is 0 Å². The number of hydrogen-bond donors (Lipinski definition) is 2. The average molecular weight is 352 g/mol. The number of aldehydes is 1. The van der Waals surface area contributed by atoms with Crippen molar-refractivity contribution >= 4 is 18.3 Å². The van der Waals surface area contributed by atoms with Gasteiger partial charge in [-0.25, -0.2) is 4.79 Å². The molecule has 138 valence electrons. The van der Waals surface area contributed by atoms with Crippen molar-refractivity contribution < 1.29 is 28.6 Å². The first-order valence-electron chi connectivity index (χ1n) is 8.02. The molecule has 0 heterocycles. The van der Waals surface area contributed by atoms with Crippen LogP contribution in [0, 0.1) is 0 Å². The Hall–Kier alpha value is -2.45. The lowest BCUT2D eigenvalue weighted by Gasteiger charge is -2.08. The lowest BCUT2D eigenvalue weighted by atomic mass is 10.2. The number of ether oxygens (including phenoxy) is 3. The molecule has 2 N–H and O–H groups in total. The van der Waals surface area contributed by atoms with Crippen LogP contribution in [0.4, 0.5) is 4.79 Å². The van der Waals surface area contributed by atoms with Gasteiger partial charge in [-0.05, 0) is 5.56 Å². The number of nitrogens with one attached hydrogen (secondary N) is 2. The molecule has 0 saturated carbocycles. The highest BCUT2D eigenvalue weighted by Gasteiger charge is 2.03. The molecule has 1 rings (SSSR count). The van der Waals surface area contributed by atoms with E-state index in [1.165, 1.54) is 0 Å². The number of hydrogen-bond acceptors (Lipinski definition) is 6. The van der Waals surface area contributed by atoms with Gasteiger partial charge in [-0.3, -0.25) is 4.79 Å². The molecular weight excluding hydrogens is 328 g/mol. The second-order valence-corrected chi connectivity index (χ2v) is 4.96. The van der Waals surface area contributed by atoms with E-state index in [0.717, 1.165) is 11.8 Å². The largest absolute Gasteiger partial charge is 0.445 e. The topological polar surface area (TPSA) is 103 Å². The van der Waals surface area contributed by atoms with E-state index in [0.29, 0.717) is 26.2 Å². The molecule has 8 heteroatoms. The fourth-order valence-electron chi connectivity index (χ4n) is 1.71. The van der Waals surface area contributed by atoms with Crippen molar-refractivity contribution in [1.29, 1.82) is 0 Å². The van der Waals surface area contributed by atoms with Crippen molar-refractivity contribution in [2.75, 3.05) is 39.5 Å². The Balaban J connectivity index is 1.92. The van der Waals surface area contributed by atoms with Crippen LogP contribution < -0.4 is 10.6 Å². The molecule has 0 saturated heterocycles. The van der Waals surface area contributed by atoms with E-state index in [9.17, 15) is 14.4 Å². The fourth-order valence-corrected chi connectivity index (χ4v) is 1.71. The minimum Gasteiger partial charge on any atom is -0.445 e.